The van der Waals surface area contributed by atoms with Crippen LogP contribution in [0.4, 0.5) is 33.9 Å². The molecule has 1 nitrogen and oxygen atoms in total. The molecular formula is C21H21F6NSb. The second-order valence-electron chi connectivity index (χ2n) is 6.80. The average Bonchev–Trinajstić information content (AvgIpc) is 2.57. The van der Waals surface area contributed by atoms with Crippen molar-refractivity contribution in [2.45, 2.75) is 20.8 Å². The van der Waals surface area contributed by atoms with Crippen LogP contribution in [0.15, 0.2) is 72.8 Å². The minimum atomic E-state index is -11.2. The Labute approximate surface area is 168 Å². The molecule has 0 amide bonds. The van der Waals surface area contributed by atoms with Gasteiger partial charge in [0.25, 0.3) is 0 Å². The Bertz CT molecular complexity index is 828. The number of nitrogens with zero attached hydrogens (tertiary/aromatic N) is 1. The molecule has 0 aliphatic heterocycles. The number of aryl methyl sites for hydroxylation is 3. The van der Waals surface area contributed by atoms with Crippen molar-refractivity contribution in [3.05, 3.63) is 89.5 Å². The summed E-state index contributed by atoms with van der Waals surface area (Å²) in [4.78, 5) is 2.29. The molecule has 0 atom stereocenters. The number of rotatable bonds is 3. The van der Waals surface area contributed by atoms with Crippen molar-refractivity contribution in [1.82, 2.24) is 4.90 Å². The molecule has 0 aliphatic rings. The Hall–Kier alpha value is -1.98. The molecule has 0 fully saturated rings. The van der Waals surface area contributed by atoms with Crippen LogP contribution in [0.3, 0.4) is 0 Å². The van der Waals surface area contributed by atoms with Gasteiger partial charge >= 0.3 is 36.4 Å². The first-order valence-electron chi connectivity index (χ1n) is 8.65. The fourth-order valence-corrected chi connectivity index (χ4v) is 2.53. The van der Waals surface area contributed by atoms with E-state index in [1.54, 1.807) is 0 Å². The zero-order valence-electron chi connectivity index (χ0n) is 16.1. The van der Waals surface area contributed by atoms with E-state index >= 15 is 0 Å². The zero-order valence-corrected chi connectivity index (χ0v) is 18.6. The van der Waals surface area contributed by atoms with Gasteiger partial charge in [0.2, 0.25) is 0 Å². The fraction of sp³-hybridized carbons (Fsp3) is 0.143. The standard InChI is InChI=1S/C21H21N.6FH.Sb/c1-16-4-10-19(11-5-16)22(20-12-6-17(2)7-13-20)21-14-8-18(3)9-15-21;;;;;;;/h4-15H,1-3H3;6*1H;/q+1;;;;;;;+5/p-6. The van der Waals surface area contributed by atoms with Crippen LogP contribution >= 0.6 is 0 Å². The third-order valence-electron chi connectivity index (χ3n) is 3.88. The molecule has 0 spiro atoms. The van der Waals surface area contributed by atoms with Gasteiger partial charge in [-0.2, -0.15) is 0 Å². The van der Waals surface area contributed by atoms with Crippen LogP contribution in [0.1, 0.15) is 16.7 Å². The Balaban J connectivity index is 0.000000370. The molecule has 0 aliphatic carbocycles. The summed E-state index contributed by atoms with van der Waals surface area (Å²) in [5, 5.41) is 0. The summed E-state index contributed by atoms with van der Waals surface area (Å²) < 4.78 is 59.6. The molecule has 157 valence electrons. The number of benzene rings is 3. The molecule has 0 saturated heterocycles. The van der Waals surface area contributed by atoms with Gasteiger partial charge in [0.1, 0.15) is 0 Å². The van der Waals surface area contributed by atoms with E-state index < -0.39 is 19.5 Å². The van der Waals surface area contributed by atoms with Crippen molar-refractivity contribution in [3.8, 4) is 0 Å². The molecule has 0 saturated carbocycles. The molecule has 0 heterocycles. The third-order valence-corrected chi connectivity index (χ3v) is 3.88. The average molecular weight is 523 g/mol. The van der Waals surface area contributed by atoms with Gasteiger partial charge in [0.05, 0.1) is 0 Å². The number of hydrogen-bond acceptors (Lipinski definition) is 1. The van der Waals surface area contributed by atoms with E-state index in [-0.39, 0.29) is 0 Å². The van der Waals surface area contributed by atoms with Crippen LogP contribution in [0.5, 0.6) is 0 Å². The van der Waals surface area contributed by atoms with Gasteiger partial charge in [-0.15, -0.1) is 0 Å². The van der Waals surface area contributed by atoms with E-state index in [2.05, 4.69) is 98.5 Å². The Morgan fingerprint density at radius 1 is 0.448 bits per heavy atom. The van der Waals surface area contributed by atoms with E-state index in [9.17, 15) is 16.9 Å². The molecule has 8 heteroatoms. The summed E-state index contributed by atoms with van der Waals surface area (Å²) in [6, 6.07) is 26.0. The Morgan fingerprint density at radius 2 is 0.621 bits per heavy atom. The van der Waals surface area contributed by atoms with Crippen LogP contribution in [-0.2, 0) is 0 Å². The van der Waals surface area contributed by atoms with Gasteiger partial charge in [0.15, 0.2) is 17.1 Å². The van der Waals surface area contributed by atoms with Crippen LogP contribution in [0.2, 0.25) is 0 Å². The summed E-state index contributed by atoms with van der Waals surface area (Å²) in [5.41, 5.74) is 7.36. The first-order chi connectivity index (χ1) is 13.1. The van der Waals surface area contributed by atoms with E-state index in [4.69, 9.17) is 0 Å². The second-order valence-corrected chi connectivity index (χ2v) is 12.3. The predicted octanol–water partition coefficient (Wildman–Crippen LogP) is 8.19. The quantitative estimate of drug-likeness (QED) is 0.186. The van der Waals surface area contributed by atoms with Crippen molar-refractivity contribution >= 4 is 36.5 Å². The molecule has 3 aromatic carbocycles. The van der Waals surface area contributed by atoms with Crippen molar-refractivity contribution in [3.63, 3.8) is 0 Å². The van der Waals surface area contributed by atoms with Gasteiger partial charge in [-0.05, 0) is 20.8 Å². The Kier molecular flexibility index (Phi) is 6.18. The summed E-state index contributed by atoms with van der Waals surface area (Å²) >= 11 is -11.2. The molecule has 3 aromatic rings. The monoisotopic (exact) mass is 522 g/mol. The van der Waals surface area contributed by atoms with Crippen molar-refractivity contribution in [1.29, 1.82) is 0 Å². The molecule has 3 rings (SSSR count). The van der Waals surface area contributed by atoms with E-state index in [0.29, 0.717) is 0 Å². The van der Waals surface area contributed by atoms with Gasteiger partial charge in [-0.25, -0.2) is 0 Å². The normalized spacial score (nSPS) is 13.9. The molecule has 0 aromatic heterocycles. The fourth-order valence-electron chi connectivity index (χ4n) is 2.53. The van der Waals surface area contributed by atoms with Crippen LogP contribution in [-0.4, -0.2) is 19.5 Å². The third kappa shape index (κ3) is 9.37. The first kappa shape index (κ1) is 23.3. The molecular weight excluding hydrogens is 502 g/mol. The molecule has 1 radical (unpaired) electrons. The molecule has 0 N–H and O–H groups in total. The SMILES string of the molecule is Cc1ccc([N+](c2ccc(C)cc2)c2ccc(C)cc2)cc1.[F][Sb-]([F])([F])([F])([F])[F]. The number of halogens is 6. The van der Waals surface area contributed by atoms with Crippen LogP contribution in [0, 0.1) is 20.8 Å². The van der Waals surface area contributed by atoms with Crippen molar-refractivity contribution in [2.24, 2.45) is 0 Å². The van der Waals surface area contributed by atoms with Crippen LogP contribution < -0.4 is 4.90 Å². The topological polar surface area (TPSA) is 5.90 Å². The summed E-state index contributed by atoms with van der Waals surface area (Å²) in [6.45, 7) is 6.35. The van der Waals surface area contributed by atoms with Crippen LogP contribution in [0.25, 0.3) is 0 Å². The van der Waals surface area contributed by atoms with Gasteiger partial charge in [0, 0.05) is 36.4 Å². The van der Waals surface area contributed by atoms with Gasteiger partial charge < -0.3 is 0 Å². The van der Waals surface area contributed by atoms with E-state index in [1.165, 1.54) is 33.8 Å². The maximum absolute atomic E-state index is 11.2. The maximum atomic E-state index is 9.93. The minimum absolute atomic E-state index is 1.18. The summed E-state index contributed by atoms with van der Waals surface area (Å²) in [5.74, 6) is 0. The van der Waals surface area contributed by atoms with E-state index in [1.807, 2.05) is 0 Å². The van der Waals surface area contributed by atoms with Crippen molar-refractivity contribution in [2.75, 3.05) is 0 Å². The molecule has 29 heavy (non-hydrogen) atoms. The summed E-state index contributed by atoms with van der Waals surface area (Å²) in [7, 11) is 0. The van der Waals surface area contributed by atoms with E-state index in [0.717, 1.165) is 0 Å². The number of anilines is 3. The zero-order chi connectivity index (χ0) is 21.9. The number of hydrogen-bond donors (Lipinski definition) is 0. The van der Waals surface area contributed by atoms with Crippen molar-refractivity contribution < 1.29 is 16.9 Å². The predicted molar refractivity (Wildman–Crippen MR) is 107 cm³/mol. The first-order valence-corrected chi connectivity index (χ1v) is 14.4. The molecule has 0 bridgehead atoms. The van der Waals surface area contributed by atoms with Gasteiger partial charge in [-0.3, -0.25) is 0 Å². The summed E-state index contributed by atoms with van der Waals surface area (Å²) in [6.07, 6.45) is 0. The second kappa shape index (κ2) is 7.69. The Morgan fingerprint density at radius 3 is 0.793 bits per heavy atom. The van der Waals surface area contributed by atoms with Gasteiger partial charge in [-0.1, -0.05) is 58.0 Å². The molecule has 0 unspecified atom stereocenters.